The number of hydrogen-bond acceptors (Lipinski definition) is 6. The van der Waals surface area contributed by atoms with Gasteiger partial charge in [0.15, 0.2) is 22.3 Å². The van der Waals surface area contributed by atoms with Crippen LogP contribution >= 0.6 is 0 Å². The minimum atomic E-state index is -4.90. The first-order valence-corrected chi connectivity index (χ1v) is 10.1. The Morgan fingerprint density at radius 3 is 2.28 bits per heavy atom. The summed E-state index contributed by atoms with van der Waals surface area (Å²) in [6, 6.07) is 8.18. The Morgan fingerprint density at radius 2 is 1.79 bits per heavy atom. The van der Waals surface area contributed by atoms with Crippen molar-refractivity contribution in [1.82, 2.24) is 0 Å². The van der Waals surface area contributed by atoms with Crippen LogP contribution in [0, 0.1) is 0 Å². The molecule has 2 N–H and O–H groups in total. The van der Waals surface area contributed by atoms with Crippen LogP contribution in [0.2, 0.25) is 0 Å². The van der Waals surface area contributed by atoms with Gasteiger partial charge in [-0.25, -0.2) is 13.4 Å². The number of primary amides is 1. The number of nitrogens with two attached hydrogens (primary N) is 1. The molecule has 0 unspecified atom stereocenters. The van der Waals surface area contributed by atoms with Gasteiger partial charge in [-0.15, -0.1) is 5.11 Å². The zero-order chi connectivity index (χ0) is 21.4. The average molecular weight is 424 g/mol. The van der Waals surface area contributed by atoms with E-state index in [-0.39, 0.29) is 30.1 Å². The lowest BCUT2D eigenvalue weighted by molar-refractivity contribution is -0.139. The number of sulfone groups is 1. The molecule has 7 nitrogen and oxygen atoms in total. The van der Waals surface area contributed by atoms with Crippen molar-refractivity contribution < 1.29 is 26.4 Å². The summed E-state index contributed by atoms with van der Waals surface area (Å²) in [7, 11) is -4.30. The van der Waals surface area contributed by atoms with Gasteiger partial charge in [-0.1, -0.05) is 30.3 Å². The lowest BCUT2D eigenvalue weighted by Gasteiger charge is -2.18. The summed E-state index contributed by atoms with van der Waals surface area (Å²) in [4.78, 5) is 14.1. The smallest absolute Gasteiger partial charge is 0.369 e. The Morgan fingerprint density at radius 1 is 1.14 bits per heavy atom. The van der Waals surface area contributed by atoms with Crippen LogP contribution in [0.5, 0.6) is 0 Å². The van der Waals surface area contributed by atoms with Crippen molar-refractivity contribution in [2.75, 3.05) is 12.9 Å². The molecule has 0 atom stereocenters. The number of hydrogen-bond donors (Lipinski definition) is 1. The lowest BCUT2D eigenvalue weighted by atomic mass is 9.95. The molecule has 152 valence electrons. The number of rotatable bonds is 5. The molecular weight excluding hydrogens is 409 g/mol. The zero-order valence-electron chi connectivity index (χ0n) is 15.1. The van der Waals surface area contributed by atoms with Gasteiger partial charge in [0.1, 0.15) is 0 Å². The number of aliphatic imine (C=N–C) groups is 1. The first-order valence-electron chi connectivity index (χ1n) is 8.22. The van der Waals surface area contributed by atoms with Gasteiger partial charge in [0, 0.05) is 11.8 Å². The Labute approximate surface area is 164 Å². The van der Waals surface area contributed by atoms with Crippen LogP contribution in [-0.4, -0.2) is 33.1 Å². The minimum absolute atomic E-state index is 0.00431. The highest BCUT2D eigenvalue weighted by Crippen LogP contribution is 2.40. The van der Waals surface area contributed by atoms with Crippen molar-refractivity contribution in [1.29, 1.82) is 0 Å². The number of carbonyl (C=O) groups is 1. The molecule has 0 radical (unpaired) electrons. The third kappa shape index (κ3) is 4.34. The monoisotopic (exact) mass is 424 g/mol. The van der Waals surface area contributed by atoms with E-state index in [0.29, 0.717) is 17.4 Å². The van der Waals surface area contributed by atoms with Gasteiger partial charge in [-0.05, 0) is 22.8 Å². The molecular formula is C18H15F3N4O3S. The number of alkyl halides is 3. The maximum atomic E-state index is 13.6. The third-order valence-electron chi connectivity index (χ3n) is 4.15. The molecule has 3 rings (SSSR count). The Hall–Kier alpha value is -3.08. The second kappa shape index (κ2) is 7.39. The lowest BCUT2D eigenvalue weighted by Crippen LogP contribution is -2.17. The summed E-state index contributed by atoms with van der Waals surface area (Å²) in [6.07, 6.45) is -4.20. The van der Waals surface area contributed by atoms with E-state index in [1.807, 2.05) is 0 Å². The number of amidine groups is 1. The van der Waals surface area contributed by atoms with E-state index in [1.165, 1.54) is 6.07 Å². The van der Waals surface area contributed by atoms with Gasteiger partial charge >= 0.3 is 6.18 Å². The predicted molar refractivity (Wildman–Crippen MR) is 99.1 cm³/mol. The maximum Gasteiger partial charge on any atom is 0.417 e. The van der Waals surface area contributed by atoms with Crippen LogP contribution in [0.3, 0.4) is 0 Å². The molecule has 1 aliphatic heterocycles. The molecule has 1 amide bonds. The molecule has 0 saturated heterocycles. The molecule has 0 bridgehead atoms. The molecule has 1 aliphatic rings. The SMILES string of the molecule is CS(=O)(=O)c1c(C(F)(F)F)ccc(-c2ccc(CC(N)=O)cc2)c1C1=NCN=N1. The zero-order valence-corrected chi connectivity index (χ0v) is 15.9. The van der Waals surface area contributed by atoms with Crippen LogP contribution in [0.1, 0.15) is 16.7 Å². The largest absolute Gasteiger partial charge is 0.417 e. The van der Waals surface area contributed by atoms with Gasteiger partial charge < -0.3 is 5.73 Å². The molecule has 1 heterocycles. The highest BCUT2D eigenvalue weighted by molar-refractivity contribution is 7.90. The molecule has 0 fully saturated rings. The average Bonchev–Trinajstić information content (AvgIpc) is 3.13. The summed E-state index contributed by atoms with van der Waals surface area (Å²) in [5.74, 6) is -0.721. The van der Waals surface area contributed by atoms with E-state index in [4.69, 9.17) is 5.73 Å². The molecule has 0 spiro atoms. The standard InChI is InChI=1S/C18H15F3N4O3S/c1-29(27,28)16-13(18(19,20)21)7-6-12(15(16)17-23-9-24-25-17)11-4-2-10(3-5-11)8-14(22)26/h2-7H,8-9H2,1H3,(H2,22,26). The van der Waals surface area contributed by atoms with Crippen LogP contribution in [0.25, 0.3) is 11.1 Å². The fraction of sp³-hybridized carbons (Fsp3) is 0.222. The van der Waals surface area contributed by atoms with Gasteiger partial charge in [-0.2, -0.15) is 18.3 Å². The number of amides is 1. The molecule has 0 aliphatic carbocycles. The van der Waals surface area contributed by atoms with Gasteiger partial charge in [-0.3, -0.25) is 4.79 Å². The minimum Gasteiger partial charge on any atom is -0.369 e. The topological polar surface area (TPSA) is 114 Å². The molecule has 0 saturated carbocycles. The molecule has 29 heavy (non-hydrogen) atoms. The molecule has 11 heteroatoms. The van der Waals surface area contributed by atoms with E-state index < -0.39 is 32.4 Å². The fourth-order valence-electron chi connectivity index (χ4n) is 3.01. The third-order valence-corrected chi connectivity index (χ3v) is 5.32. The number of halogens is 3. The van der Waals surface area contributed by atoms with E-state index in [2.05, 4.69) is 15.2 Å². The Kier molecular flexibility index (Phi) is 5.26. The van der Waals surface area contributed by atoms with Crippen LogP contribution in [-0.2, 0) is 27.2 Å². The van der Waals surface area contributed by atoms with Crippen molar-refractivity contribution >= 4 is 21.6 Å². The maximum absolute atomic E-state index is 13.6. The second-order valence-electron chi connectivity index (χ2n) is 6.34. The highest BCUT2D eigenvalue weighted by Gasteiger charge is 2.39. The number of benzene rings is 2. The normalized spacial score (nSPS) is 14.1. The van der Waals surface area contributed by atoms with Gasteiger partial charge in [0.25, 0.3) is 0 Å². The fourth-order valence-corrected chi connectivity index (χ4v) is 4.17. The van der Waals surface area contributed by atoms with Crippen LogP contribution < -0.4 is 5.73 Å². The second-order valence-corrected chi connectivity index (χ2v) is 8.29. The molecule has 2 aromatic carbocycles. The summed E-state index contributed by atoms with van der Waals surface area (Å²) < 4.78 is 65.4. The first kappa shape index (κ1) is 20.6. The van der Waals surface area contributed by atoms with Crippen molar-refractivity contribution in [2.45, 2.75) is 17.5 Å². The number of nitrogens with zero attached hydrogens (tertiary/aromatic N) is 3. The van der Waals surface area contributed by atoms with Crippen molar-refractivity contribution in [2.24, 2.45) is 21.0 Å². The van der Waals surface area contributed by atoms with Crippen LogP contribution in [0.4, 0.5) is 13.2 Å². The summed E-state index contributed by atoms with van der Waals surface area (Å²) in [5.41, 5.74) is 4.83. The summed E-state index contributed by atoms with van der Waals surface area (Å²) >= 11 is 0. The van der Waals surface area contributed by atoms with Crippen molar-refractivity contribution in [3.05, 3.63) is 53.1 Å². The van der Waals surface area contributed by atoms with E-state index in [0.717, 1.165) is 6.07 Å². The predicted octanol–water partition coefficient (Wildman–Crippen LogP) is 2.97. The quantitative estimate of drug-likeness (QED) is 0.796. The molecule has 0 aromatic heterocycles. The van der Waals surface area contributed by atoms with Gasteiger partial charge in [0.05, 0.1) is 16.9 Å². The molecule has 2 aromatic rings. The number of azo groups is 1. The summed E-state index contributed by atoms with van der Waals surface area (Å²) in [6.45, 7) is -0.105. The van der Waals surface area contributed by atoms with Crippen molar-refractivity contribution in [3.63, 3.8) is 0 Å². The Balaban J connectivity index is 2.31. The van der Waals surface area contributed by atoms with Crippen molar-refractivity contribution in [3.8, 4) is 11.1 Å². The number of carbonyl (C=O) groups excluding carboxylic acids is 1. The Bertz CT molecular complexity index is 1140. The van der Waals surface area contributed by atoms with Crippen LogP contribution in [0.15, 0.2) is 56.5 Å². The van der Waals surface area contributed by atoms with Gasteiger partial charge in [0.2, 0.25) is 5.91 Å². The highest BCUT2D eigenvalue weighted by atomic mass is 32.2. The summed E-state index contributed by atoms with van der Waals surface area (Å²) in [5, 5.41) is 7.36. The first-order chi connectivity index (χ1) is 13.5. The van der Waals surface area contributed by atoms with E-state index in [1.54, 1.807) is 24.3 Å². The van der Waals surface area contributed by atoms with E-state index >= 15 is 0 Å². The van der Waals surface area contributed by atoms with E-state index in [9.17, 15) is 26.4 Å².